The fourth-order valence-electron chi connectivity index (χ4n) is 8.92. The second-order valence-electron chi connectivity index (χ2n) is 23.7. The van der Waals surface area contributed by atoms with Crippen LogP contribution in [0.15, 0.2) is 87.5 Å². The van der Waals surface area contributed by atoms with Gasteiger partial charge in [-0.05, 0) is 67.2 Å². The lowest BCUT2D eigenvalue weighted by molar-refractivity contribution is -0.248. The Morgan fingerprint density at radius 3 is 1.50 bits per heavy atom. The van der Waals surface area contributed by atoms with Gasteiger partial charge < -0.3 is 166 Å². The molecule has 2 aliphatic heterocycles. The highest BCUT2D eigenvalue weighted by Crippen LogP contribution is 2.24. The predicted octanol–water partition coefficient (Wildman–Crippen LogP) is -10.4. The van der Waals surface area contributed by atoms with E-state index in [2.05, 4.69) is 43.5 Å². The van der Waals surface area contributed by atoms with E-state index < -0.39 is 172 Å². The molecule has 1 aromatic carbocycles. The van der Waals surface area contributed by atoms with Gasteiger partial charge in [-0.2, -0.15) is 11.8 Å². The molecule has 6 amide bonds. The van der Waals surface area contributed by atoms with Crippen LogP contribution in [0.1, 0.15) is 25.8 Å². The van der Waals surface area contributed by atoms with Crippen molar-refractivity contribution in [2.75, 3.05) is 132 Å². The van der Waals surface area contributed by atoms with Crippen LogP contribution in [0.2, 0.25) is 0 Å². The SMILES string of the molecule is C=CC(=O)N(C)C1OC(C)C(O)C(O)C1O.C=CC(=O)N(C)C[C@H](O)[C@@H](O)[C@H](O)[C@H](O)CO.C=CC(=O)N(Cc1ccc(OCCOCCOCCOC)cc1)C[C@H](O)[C@@H](O)[C@H](O)[C@H](O)CO.C=CC(=O)NCCSCCCN(C(C)=O)C1OCC(O)C(O)C1O.C=CC(=O)NC[C@H](O)[C@@H](O)[C@H](O)[C@H](O)CO. The molecule has 0 aliphatic carbocycles. The number of thioether (sulfide) groups is 1. The number of ether oxygens (including phenoxy) is 6. The number of rotatable bonds is 44. The quantitative estimate of drug-likeness (QED) is 0.0213. The molecule has 23 N–H and O–H groups in total. The van der Waals surface area contributed by atoms with E-state index in [9.17, 15) is 110 Å². The Morgan fingerprint density at radius 2 is 1.02 bits per heavy atom. The molecule has 40 heteroatoms. The summed E-state index contributed by atoms with van der Waals surface area (Å²) >= 11 is 1.63. The maximum Gasteiger partial charge on any atom is 0.247 e. The Labute approximate surface area is 625 Å². The van der Waals surface area contributed by atoms with Gasteiger partial charge in [0.05, 0.1) is 71.7 Å². The number of nitrogens with one attached hydrogen (secondary N) is 2. The number of carbonyl (C=O) groups is 6. The monoisotopic (exact) mass is 1560 g/mol. The normalized spacial score (nSPS) is 22.1. The van der Waals surface area contributed by atoms with Crippen LogP contribution in [0.4, 0.5) is 0 Å². The van der Waals surface area contributed by atoms with Crippen molar-refractivity contribution in [3.05, 3.63) is 93.1 Å². The molecule has 0 radical (unpaired) electrons. The number of amides is 6. The molecule has 9 unspecified atom stereocenters. The summed E-state index contributed by atoms with van der Waals surface area (Å²) in [7, 11) is 4.42. The molecule has 2 heterocycles. The zero-order valence-corrected chi connectivity index (χ0v) is 61.6. The molecular weight excluding hydrogens is 1450 g/mol. The highest BCUT2D eigenvalue weighted by atomic mass is 32.2. The zero-order chi connectivity index (χ0) is 82.2. The minimum absolute atomic E-state index is 0.0970. The van der Waals surface area contributed by atoms with E-state index in [1.807, 2.05) is 0 Å². The van der Waals surface area contributed by atoms with E-state index in [0.29, 0.717) is 64.9 Å². The lowest BCUT2D eigenvalue weighted by atomic mass is 9.98. The number of methoxy groups -OCH3 is 1. The first-order chi connectivity index (χ1) is 50.4. The second kappa shape index (κ2) is 57.9. The van der Waals surface area contributed by atoms with Gasteiger partial charge in [0.1, 0.15) is 116 Å². The largest absolute Gasteiger partial charge is 0.491 e. The van der Waals surface area contributed by atoms with Gasteiger partial charge in [-0.3, -0.25) is 28.8 Å². The van der Waals surface area contributed by atoms with Gasteiger partial charge in [0, 0.05) is 73.2 Å². The molecule has 2 aliphatic rings. The number of nitrogens with zero attached hydrogens (tertiary/aromatic N) is 4. The van der Waals surface area contributed by atoms with Crippen molar-refractivity contribution in [1.29, 1.82) is 0 Å². The molecular formula is C67H116N6O33S. The van der Waals surface area contributed by atoms with Crippen molar-refractivity contribution in [3.8, 4) is 5.75 Å². The number of hydrogen-bond donors (Lipinski definition) is 23. The van der Waals surface area contributed by atoms with Gasteiger partial charge in [-0.1, -0.05) is 45.0 Å². The minimum atomic E-state index is -1.77. The first kappa shape index (κ1) is 103. The maximum absolute atomic E-state index is 12.2. The second-order valence-corrected chi connectivity index (χ2v) is 24.9. The van der Waals surface area contributed by atoms with Crippen molar-refractivity contribution in [2.24, 2.45) is 0 Å². The highest BCUT2D eigenvalue weighted by molar-refractivity contribution is 7.99. The highest BCUT2D eigenvalue weighted by Gasteiger charge is 2.45. The van der Waals surface area contributed by atoms with Crippen LogP contribution in [0.3, 0.4) is 0 Å². The third kappa shape index (κ3) is 39.9. The average Bonchev–Trinajstić information content (AvgIpc) is 0.815. The molecule has 0 saturated carbocycles. The van der Waals surface area contributed by atoms with Gasteiger partial charge >= 0.3 is 0 Å². The standard InChI is InChI=1S/C23H37NO10.C15H26N2O6S.C10H19NO6.C10H17NO5.C9H17NO6/c1-3-21(28)24(15-19(26)22(29)23(30)20(27)16-25)14-17-4-6-18(7-5-17)34-13-12-33-11-10-32-9-8-31-2;1-3-12(20)16-5-8-24-7-4-6-17(10(2)18)15-14(22)13(21)11(19)9-23-15;1-3-8(15)11(2)4-6(13)9(16)10(17)7(14)5-12;1-4-6(12)11(3)10-9(15)8(14)7(13)5(2)16-10;1-2-7(14)10-3-5(12)8(15)9(16)6(13)4-11/h3-7,19-20,22-23,25-27,29-30H,1,8-16H2,2H3;3,11,13-15,19,21-22H,1,4-9H2,2H3,(H,16,20);3,6-7,9-10,12-14,16-17H,1,4-5H2,2H3;4-5,7-10,13-15H,1H2,2-3H3;2,5-6,8-9,11-13,15-16H,1,3-4H2,(H,10,14)/t19-,20+,22+,23+;;6-,7+,9+,10+;;5-,6+,8+,9+/m0.0.0/s1. The van der Waals surface area contributed by atoms with Crippen molar-refractivity contribution < 1.29 is 164 Å². The Hall–Kier alpha value is -6.15. The molecule has 107 heavy (non-hydrogen) atoms. The molecule has 3 rings (SSSR count). The van der Waals surface area contributed by atoms with E-state index in [0.717, 1.165) is 51.2 Å². The van der Waals surface area contributed by atoms with Crippen LogP contribution in [0.25, 0.3) is 0 Å². The van der Waals surface area contributed by atoms with Crippen molar-refractivity contribution in [1.82, 2.24) is 30.2 Å². The number of benzene rings is 1. The first-order valence-electron chi connectivity index (χ1n) is 33.4. The van der Waals surface area contributed by atoms with Crippen LogP contribution < -0.4 is 15.4 Å². The van der Waals surface area contributed by atoms with Crippen LogP contribution in [-0.2, 0) is 59.0 Å². The number of likely N-dealkylation sites (N-methyl/N-ethyl adjacent to an activating group) is 2. The maximum atomic E-state index is 12.2. The van der Waals surface area contributed by atoms with E-state index in [4.69, 9.17) is 54.0 Å². The summed E-state index contributed by atoms with van der Waals surface area (Å²) < 4.78 is 31.8. The van der Waals surface area contributed by atoms with Gasteiger partial charge in [0.25, 0.3) is 0 Å². The Bertz CT molecular complexity index is 2690. The summed E-state index contributed by atoms with van der Waals surface area (Å²) in [5, 5.41) is 202. The molecule has 0 aromatic heterocycles. The summed E-state index contributed by atoms with van der Waals surface area (Å²) in [5.41, 5.74) is 0.727. The van der Waals surface area contributed by atoms with Crippen LogP contribution in [-0.4, -0.2) is 422 Å². The Balaban J connectivity index is 0. The van der Waals surface area contributed by atoms with Crippen molar-refractivity contribution in [2.45, 2.75) is 155 Å². The molecule has 21 atom stereocenters. The molecule has 2 fully saturated rings. The lowest BCUT2D eigenvalue weighted by Crippen LogP contribution is -2.61. The smallest absolute Gasteiger partial charge is 0.247 e. The number of aliphatic hydroxyl groups excluding tert-OH is 21. The Kier molecular flexibility index (Phi) is 55.6. The topological polar surface area (TPSA) is 620 Å². The van der Waals surface area contributed by atoms with Gasteiger partial charge in [-0.15, -0.1) is 0 Å². The van der Waals surface area contributed by atoms with Crippen molar-refractivity contribution in [3.63, 3.8) is 0 Å². The van der Waals surface area contributed by atoms with Crippen LogP contribution >= 0.6 is 11.8 Å². The number of hydrogen-bond acceptors (Lipinski definition) is 34. The molecule has 39 nitrogen and oxygen atoms in total. The molecule has 2 saturated heterocycles. The van der Waals surface area contributed by atoms with Gasteiger partial charge in [0.2, 0.25) is 35.4 Å². The van der Waals surface area contributed by atoms with Crippen LogP contribution in [0.5, 0.6) is 5.75 Å². The first-order valence-corrected chi connectivity index (χ1v) is 34.6. The molecule has 0 bridgehead atoms. The summed E-state index contributed by atoms with van der Waals surface area (Å²) in [6.07, 6.45) is -23.7. The van der Waals surface area contributed by atoms with Gasteiger partial charge in [0.15, 0.2) is 12.5 Å². The average molecular weight is 1570 g/mol. The summed E-state index contributed by atoms with van der Waals surface area (Å²) in [6, 6.07) is 6.95. The summed E-state index contributed by atoms with van der Waals surface area (Å²) in [5.74, 6) is -0.270. The van der Waals surface area contributed by atoms with Crippen LogP contribution in [0, 0.1) is 0 Å². The Morgan fingerprint density at radius 1 is 0.561 bits per heavy atom. The van der Waals surface area contributed by atoms with E-state index >= 15 is 0 Å². The third-order valence-electron chi connectivity index (χ3n) is 15.5. The fourth-order valence-corrected chi connectivity index (χ4v) is 9.70. The van der Waals surface area contributed by atoms with E-state index in [-0.39, 0.29) is 44.6 Å². The predicted molar refractivity (Wildman–Crippen MR) is 381 cm³/mol. The number of carbonyl (C=O) groups excluding carboxylic acids is 6. The van der Waals surface area contributed by atoms with E-state index in [1.165, 1.54) is 36.9 Å². The van der Waals surface area contributed by atoms with Crippen molar-refractivity contribution >= 4 is 47.2 Å². The fraction of sp³-hybridized carbons (Fsp3) is 0.672. The number of aliphatic hydroxyl groups is 21. The zero-order valence-electron chi connectivity index (χ0n) is 60.8. The van der Waals surface area contributed by atoms with Gasteiger partial charge in [-0.25, -0.2) is 0 Å². The third-order valence-corrected chi connectivity index (χ3v) is 16.6. The summed E-state index contributed by atoms with van der Waals surface area (Å²) in [6.45, 7) is 19.9. The molecule has 618 valence electrons. The summed E-state index contributed by atoms with van der Waals surface area (Å²) in [4.78, 5) is 72.9. The molecule has 1 aromatic rings. The lowest BCUT2D eigenvalue weighted by Gasteiger charge is -2.42. The van der Waals surface area contributed by atoms with E-state index in [1.54, 1.807) is 50.1 Å². The minimum Gasteiger partial charge on any atom is -0.491 e. The molecule has 0 spiro atoms.